The van der Waals surface area contributed by atoms with Gasteiger partial charge in [0.25, 0.3) is 0 Å². The molecule has 0 aliphatic carbocycles. The molecule has 2 N–H and O–H groups in total. The summed E-state index contributed by atoms with van der Waals surface area (Å²) in [5.41, 5.74) is 4.30. The molecule has 2 aromatic carbocycles. The first-order chi connectivity index (χ1) is 16.8. The zero-order chi connectivity index (χ0) is 24.5. The van der Waals surface area contributed by atoms with Crippen molar-refractivity contribution in [2.45, 2.75) is 50.9 Å². The van der Waals surface area contributed by atoms with E-state index in [0.29, 0.717) is 6.61 Å². The molecule has 5 heteroatoms. The highest BCUT2D eigenvalue weighted by Crippen LogP contribution is 2.39. The standard InChI is InChI=1S/C30H34N2O3/c1-29(2,33)23-12-13-28-26(20-23)24(25-10-6-16-31-27(25)21-35-28)11-7-17-32-18-14-30(34,15-19-32)22-8-4-3-5-9-22/h3-6,8-13,16,20,33-34H,7,14-15,17-19,21H2,1-2H3/b24-11+. The Morgan fingerprint density at radius 2 is 1.80 bits per heavy atom. The number of rotatable bonds is 5. The topological polar surface area (TPSA) is 65.8 Å². The van der Waals surface area contributed by atoms with E-state index in [0.717, 1.165) is 78.2 Å². The zero-order valence-electron chi connectivity index (χ0n) is 20.6. The van der Waals surface area contributed by atoms with Crippen LogP contribution in [0.4, 0.5) is 0 Å². The van der Waals surface area contributed by atoms with Crippen LogP contribution in [0.2, 0.25) is 0 Å². The minimum atomic E-state index is -0.937. The van der Waals surface area contributed by atoms with Gasteiger partial charge in [-0.15, -0.1) is 0 Å². The second kappa shape index (κ2) is 9.57. The van der Waals surface area contributed by atoms with Gasteiger partial charge in [-0.3, -0.25) is 4.98 Å². The summed E-state index contributed by atoms with van der Waals surface area (Å²) in [4.78, 5) is 7.00. The lowest BCUT2D eigenvalue weighted by Gasteiger charge is -2.38. The number of nitrogens with zero attached hydrogens (tertiary/aromatic N) is 2. The van der Waals surface area contributed by atoms with Crippen molar-refractivity contribution in [2.24, 2.45) is 0 Å². The summed E-state index contributed by atoms with van der Waals surface area (Å²) in [5, 5.41) is 21.8. The predicted octanol–water partition coefficient (Wildman–Crippen LogP) is 5.01. The molecule has 182 valence electrons. The molecule has 2 aliphatic heterocycles. The fourth-order valence-electron chi connectivity index (χ4n) is 5.13. The van der Waals surface area contributed by atoms with Crippen molar-refractivity contribution >= 4 is 5.57 Å². The average molecular weight is 471 g/mol. The maximum absolute atomic E-state index is 11.2. The van der Waals surface area contributed by atoms with Crippen molar-refractivity contribution in [3.05, 3.63) is 101 Å². The Labute approximate surface area is 207 Å². The van der Waals surface area contributed by atoms with Crippen LogP contribution < -0.4 is 4.74 Å². The molecule has 5 nitrogen and oxygen atoms in total. The van der Waals surface area contributed by atoms with E-state index in [4.69, 9.17) is 4.74 Å². The lowest BCUT2D eigenvalue weighted by molar-refractivity contribution is -0.0254. The molecule has 1 aromatic heterocycles. The second-order valence-electron chi connectivity index (χ2n) is 10.2. The molecule has 0 atom stereocenters. The maximum atomic E-state index is 11.2. The monoisotopic (exact) mass is 470 g/mol. The van der Waals surface area contributed by atoms with Crippen LogP contribution in [0.25, 0.3) is 5.57 Å². The van der Waals surface area contributed by atoms with Gasteiger partial charge in [-0.05, 0) is 68.0 Å². The van der Waals surface area contributed by atoms with Crippen LogP contribution >= 0.6 is 0 Å². The van der Waals surface area contributed by atoms with Crippen LogP contribution in [-0.2, 0) is 17.8 Å². The van der Waals surface area contributed by atoms with Gasteiger partial charge in [0.15, 0.2) is 0 Å². The fourth-order valence-corrected chi connectivity index (χ4v) is 5.13. The van der Waals surface area contributed by atoms with Crippen LogP contribution in [0, 0.1) is 0 Å². The first-order valence-electron chi connectivity index (χ1n) is 12.5. The van der Waals surface area contributed by atoms with E-state index in [2.05, 4.69) is 22.0 Å². The van der Waals surface area contributed by atoms with Gasteiger partial charge in [-0.2, -0.15) is 0 Å². The number of aliphatic hydroxyl groups is 2. The van der Waals surface area contributed by atoms with Crippen LogP contribution in [0.3, 0.4) is 0 Å². The van der Waals surface area contributed by atoms with E-state index >= 15 is 0 Å². The molecule has 5 rings (SSSR count). The summed E-state index contributed by atoms with van der Waals surface area (Å²) in [6.07, 6.45) is 6.44. The number of benzene rings is 2. The fraction of sp³-hybridized carbons (Fsp3) is 0.367. The number of likely N-dealkylation sites (tertiary alicyclic amines) is 1. The first kappa shape index (κ1) is 23.7. The van der Waals surface area contributed by atoms with Gasteiger partial charge in [0.05, 0.1) is 16.9 Å². The quantitative estimate of drug-likeness (QED) is 0.549. The summed E-state index contributed by atoms with van der Waals surface area (Å²) in [5.74, 6) is 0.813. The Bertz CT molecular complexity index is 1210. The molecule has 0 saturated carbocycles. The number of piperidine rings is 1. The molecule has 0 amide bonds. The van der Waals surface area contributed by atoms with E-state index < -0.39 is 11.2 Å². The lowest BCUT2D eigenvalue weighted by atomic mass is 9.84. The molecule has 0 spiro atoms. The maximum Gasteiger partial charge on any atom is 0.131 e. The minimum absolute atomic E-state index is 0.423. The summed E-state index contributed by atoms with van der Waals surface area (Å²) < 4.78 is 6.11. The summed E-state index contributed by atoms with van der Waals surface area (Å²) >= 11 is 0. The Kier molecular flexibility index (Phi) is 6.49. The van der Waals surface area contributed by atoms with Crippen LogP contribution in [0.5, 0.6) is 5.75 Å². The van der Waals surface area contributed by atoms with Crippen molar-refractivity contribution < 1.29 is 14.9 Å². The van der Waals surface area contributed by atoms with Gasteiger partial charge < -0.3 is 19.8 Å². The van der Waals surface area contributed by atoms with E-state index in [1.807, 2.05) is 54.6 Å². The largest absolute Gasteiger partial charge is 0.487 e. The van der Waals surface area contributed by atoms with Gasteiger partial charge >= 0.3 is 0 Å². The molecule has 2 aliphatic rings. The SMILES string of the molecule is CC(C)(O)c1ccc2c(c1)/C(=C/CCN1CCC(O)(c3ccccc3)CC1)c1cccnc1CO2. The highest BCUT2D eigenvalue weighted by Gasteiger charge is 2.33. The molecule has 3 heterocycles. The lowest BCUT2D eigenvalue weighted by Crippen LogP contribution is -2.42. The van der Waals surface area contributed by atoms with Crippen molar-refractivity contribution in [3.8, 4) is 5.75 Å². The third-order valence-corrected chi connectivity index (χ3v) is 7.31. The third-order valence-electron chi connectivity index (χ3n) is 7.31. The van der Waals surface area contributed by atoms with Crippen molar-refractivity contribution in [3.63, 3.8) is 0 Å². The summed E-state index contributed by atoms with van der Waals surface area (Å²) in [6, 6.07) is 20.0. The van der Waals surface area contributed by atoms with Crippen LogP contribution in [0.1, 0.15) is 61.1 Å². The number of pyridine rings is 1. The summed E-state index contributed by atoms with van der Waals surface area (Å²) in [6.45, 7) is 6.69. The molecule has 1 fully saturated rings. The Morgan fingerprint density at radius 3 is 2.54 bits per heavy atom. The molecule has 35 heavy (non-hydrogen) atoms. The predicted molar refractivity (Wildman–Crippen MR) is 138 cm³/mol. The first-order valence-corrected chi connectivity index (χ1v) is 12.5. The molecule has 0 bridgehead atoms. The van der Waals surface area contributed by atoms with E-state index in [1.165, 1.54) is 0 Å². The van der Waals surface area contributed by atoms with Gasteiger partial charge in [0.1, 0.15) is 12.4 Å². The minimum Gasteiger partial charge on any atom is -0.487 e. The summed E-state index contributed by atoms with van der Waals surface area (Å²) in [7, 11) is 0. The van der Waals surface area contributed by atoms with Crippen molar-refractivity contribution in [1.82, 2.24) is 9.88 Å². The van der Waals surface area contributed by atoms with Gasteiger partial charge in [-0.1, -0.05) is 48.5 Å². The molecule has 1 saturated heterocycles. The molecule has 0 unspecified atom stereocenters. The van der Waals surface area contributed by atoms with Gasteiger partial charge in [0.2, 0.25) is 0 Å². The number of aromatic nitrogens is 1. The van der Waals surface area contributed by atoms with Crippen LogP contribution in [-0.4, -0.2) is 39.7 Å². The van der Waals surface area contributed by atoms with Crippen molar-refractivity contribution in [2.75, 3.05) is 19.6 Å². The number of hydrogen-bond acceptors (Lipinski definition) is 5. The normalized spacial score (nSPS) is 18.9. The van der Waals surface area contributed by atoms with Gasteiger partial charge in [-0.25, -0.2) is 0 Å². The Morgan fingerprint density at radius 1 is 1.03 bits per heavy atom. The Hall–Kier alpha value is -2.99. The van der Waals surface area contributed by atoms with E-state index in [-0.39, 0.29) is 0 Å². The molecule has 3 aromatic rings. The third kappa shape index (κ3) is 5.03. The van der Waals surface area contributed by atoms with Crippen LogP contribution in [0.15, 0.2) is 72.9 Å². The number of ether oxygens (including phenoxy) is 1. The average Bonchev–Trinajstić information content (AvgIpc) is 3.02. The van der Waals surface area contributed by atoms with Crippen molar-refractivity contribution in [1.29, 1.82) is 0 Å². The molecular formula is C30H34N2O3. The smallest absolute Gasteiger partial charge is 0.131 e. The molecular weight excluding hydrogens is 436 g/mol. The Balaban J connectivity index is 1.36. The number of fused-ring (bicyclic) bond motifs is 2. The van der Waals surface area contributed by atoms with E-state index in [1.54, 1.807) is 20.0 Å². The van der Waals surface area contributed by atoms with E-state index in [9.17, 15) is 10.2 Å². The second-order valence-corrected chi connectivity index (χ2v) is 10.2. The zero-order valence-corrected chi connectivity index (χ0v) is 20.6. The van der Waals surface area contributed by atoms with Gasteiger partial charge in [0, 0.05) is 37.0 Å². The highest BCUT2D eigenvalue weighted by atomic mass is 16.5. The number of hydrogen-bond donors (Lipinski definition) is 2. The molecule has 0 radical (unpaired) electrons. The highest BCUT2D eigenvalue weighted by molar-refractivity contribution is 5.84.